The molecule has 1 atom stereocenters. The highest BCUT2D eigenvalue weighted by atomic mass is 16.6. The monoisotopic (exact) mass is 919 g/mol. The van der Waals surface area contributed by atoms with E-state index in [-0.39, 0.29) is 31.1 Å². The first-order valence-corrected chi connectivity index (χ1v) is 29.4. The minimum absolute atomic E-state index is 0.0616. The number of ether oxygens (including phenoxy) is 3. The number of unbranched alkanes of at least 4 members (excludes halogenated alkanes) is 41. The van der Waals surface area contributed by atoms with E-state index in [1.54, 1.807) is 0 Å². The zero-order valence-electron chi connectivity index (χ0n) is 44.5. The zero-order valence-corrected chi connectivity index (χ0v) is 44.5. The third-order valence-corrected chi connectivity index (χ3v) is 13.5. The van der Waals surface area contributed by atoms with Crippen molar-refractivity contribution in [2.45, 2.75) is 342 Å². The molecule has 0 aromatic heterocycles. The maximum atomic E-state index is 12.9. The second-order valence-electron chi connectivity index (χ2n) is 20.8. The van der Waals surface area contributed by atoms with Crippen LogP contribution in [0.3, 0.4) is 0 Å². The van der Waals surface area contributed by atoms with Crippen LogP contribution in [0.5, 0.6) is 0 Å². The quantitative estimate of drug-likeness (QED) is 0.0344. The van der Waals surface area contributed by atoms with Gasteiger partial charge in [0.2, 0.25) is 0 Å². The molecule has 0 fully saturated rings. The molecule has 386 valence electrons. The van der Waals surface area contributed by atoms with Crippen molar-refractivity contribution in [3.05, 3.63) is 0 Å². The van der Waals surface area contributed by atoms with E-state index in [4.69, 9.17) is 14.2 Å². The van der Waals surface area contributed by atoms with E-state index in [2.05, 4.69) is 27.7 Å². The second-order valence-corrected chi connectivity index (χ2v) is 20.8. The molecular formula is C59H114O6. The fraction of sp³-hybridized carbons (Fsp3) is 0.949. The van der Waals surface area contributed by atoms with Gasteiger partial charge in [0.05, 0.1) is 0 Å². The van der Waals surface area contributed by atoms with Crippen molar-refractivity contribution in [3.8, 4) is 0 Å². The predicted molar refractivity (Wildman–Crippen MR) is 280 cm³/mol. The first-order valence-electron chi connectivity index (χ1n) is 29.4. The van der Waals surface area contributed by atoms with Crippen LogP contribution in [0.15, 0.2) is 0 Å². The van der Waals surface area contributed by atoms with Gasteiger partial charge in [-0.2, -0.15) is 0 Å². The zero-order chi connectivity index (χ0) is 47.4. The van der Waals surface area contributed by atoms with Crippen LogP contribution in [-0.2, 0) is 28.6 Å². The molecule has 6 nitrogen and oxygen atoms in total. The Kier molecular flexibility index (Phi) is 52.1. The third-order valence-electron chi connectivity index (χ3n) is 13.5. The molecule has 0 aliphatic rings. The van der Waals surface area contributed by atoms with Crippen LogP contribution in [0.2, 0.25) is 0 Å². The Balaban J connectivity index is 4.29. The lowest BCUT2D eigenvalue weighted by atomic mass is 10.0. The molecule has 0 radical (unpaired) electrons. The molecule has 6 heteroatoms. The third kappa shape index (κ3) is 53.2. The van der Waals surface area contributed by atoms with Crippen molar-refractivity contribution in [2.24, 2.45) is 5.92 Å². The van der Waals surface area contributed by atoms with Gasteiger partial charge in [0, 0.05) is 19.3 Å². The van der Waals surface area contributed by atoms with Crippen LogP contribution in [0.4, 0.5) is 0 Å². The van der Waals surface area contributed by atoms with E-state index in [0.29, 0.717) is 19.3 Å². The lowest BCUT2D eigenvalue weighted by Crippen LogP contribution is -2.30. The van der Waals surface area contributed by atoms with Crippen molar-refractivity contribution in [3.63, 3.8) is 0 Å². The van der Waals surface area contributed by atoms with E-state index >= 15 is 0 Å². The van der Waals surface area contributed by atoms with E-state index in [9.17, 15) is 14.4 Å². The Labute approximate surface area is 406 Å². The van der Waals surface area contributed by atoms with Gasteiger partial charge in [0.25, 0.3) is 0 Å². The maximum Gasteiger partial charge on any atom is 0.306 e. The van der Waals surface area contributed by atoms with Crippen LogP contribution < -0.4 is 0 Å². The molecule has 0 saturated heterocycles. The fourth-order valence-electron chi connectivity index (χ4n) is 9.10. The van der Waals surface area contributed by atoms with E-state index < -0.39 is 6.10 Å². The number of esters is 3. The van der Waals surface area contributed by atoms with Crippen LogP contribution in [0.1, 0.15) is 336 Å². The highest BCUT2D eigenvalue weighted by Crippen LogP contribution is 2.18. The topological polar surface area (TPSA) is 78.9 Å². The minimum atomic E-state index is -0.762. The van der Waals surface area contributed by atoms with Crippen LogP contribution in [0.25, 0.3) is 0 Å². The summed E-state index contributed by atoms with van der Waals surface area (Å²) in [5, 5.41) is 0. The first-order chi connectivity index (χ1) is 31.9. The summed E-state index contributed by atoms with van der Waals surface area (Å²) in [4.78, 5) is 38.2. The average molecular weight is 920 g/mol. The molecule has 0 rings (SSSR count). The fourth-order valence-corrected chi connectivity index (χ4v) is 9.10. The Morgan fingerprint density at radius 3 is 0.754 bits per heavy atom. The summed E-state index contributed by atoms with van der Waals surface area (Å²) in [5.41, 5.74) is 0. The molecule has 65 heavy (non-hydrogen) atoms. The van der Waals surface area contributed by atoms with Gasteiger partial charge in [-0.1, -0.05) is 297 Å². The standard InChI is InChI=1S/C59H114O6/c1-5-7-9-11-13-15-17-19-21-22-27-31-35-39-43-47-51-58(61)64-54-56(53-63-57(60)50-46-42-38-34-30-26-20-18-16-14-12-10-8-6-2)65-59(62)52-48-44-40-36-32-28-24-23-25-29-33-37-41-45-49-55(3)4/h55-56H,5-54H2,1-4H3/t56-/m1/s1. The Bertz CT molecular complexity index is 980. The average Bonchev–Trinajstić information content (AvgIpc) is 3.29. The van der Waals surface area contributed by atoms with Gasteiger partial charge in [-0.3, -0.25) is 14.4 Å². The number of rotatable bonds is 54. The molecule has 0 amide bonds. The van der Waals surface area contributed by atoms with Crippen molar-refractivity contribution >= 4 is 17.9 Å². The smallest absolute Gasteiger partial charge is 0.306 e. The Hall–Kier alpha value is -1.59. The van der Waals surface area contributed by atoms with E-state index in [1.807, 2.05) is 0 Å². The summed E-state index contributed by atoms with van der Waals surface area (Å²) in [6.07, 6.45) is 58.0. The van der Waals surface area contributed by atoms with Gasteiger partial charge in [0.15, 0.2) is 6.10 Å². The maximum absolute atomic E-state index is 12.9. The van der Waals surface area contributed by atoms with Gasteiger partial charge in [-0.05, 0) is 25.2 Å². The second kappa shape index (κ2) is 53.4. The summed E-state index contributed by atoms with van der Waals surface area (Å²) in [6.45, 7) is 9.07. The molecule has 0 aliphatic heterocycles. The lowest BCUT2D eigenvalue weighted by molar-refractivity contribution is -0.167. The SMILES string of the molecule is CCCCCCCCCCCCCCCCCCC(=O)OC[C@@H](COC(=O)CCCCCCCCCCCCCCCC)OC(=O)CCCCCCCCCCCCCCCCC(C)C. The molecule has 0 aliphatic carbocycles. The molecular weight excluding hydrogens is 805 g/mol. The van der Waals surface area contributed by atoms with Crippen molar-refractivity contribution < 1.29 is 28.6 Å². The normalized spacial score (nSPS) is 12.0. The number of carbonyl (C=O) groups excluding carboxylic acids is 3. The largest absolute Gasteiger partial charge is 0.462 e. The molecule has 0 heterocycles. The summed E-state index contributed by atoms with van der Waals surface area (Å²) >= 11 is 0. The molecule has 0 unspecified atom stereocenters. The van der Waals surface area contributed by atoms with Gasteiger partial charge in [0.1, 0.15) is 13.2 Å². The molecule has 0 saturated carbocycles. The summed E-state index contributed by atoms with van der Waals surface area (Å²) in [6, 6.07) is 0. The van der Waals surface area contributed by atoms with E-state index in [0.717, 1.165) is 63.7 Å². The predicted octanol–water partition coefficient (Wildman–Crippen LogP) is 19.4. The molecule has 0 spiro atoms. The van der Waals surface area contributed by atoms with Crippen molar-refractivity contribution in [2.75, 3.05) is 13.2 Å². The van der Waals surface area contributed by atoms with Gasteiger partial charge in [-0.25, -0.2) is 0 Å². The molecule has 0 aromatic carbocycles. The number of hydrogen-bond acceptors (Lipinski definition) is 6. The van der Waals surface area contributed by atoms with Gasteiger partial charge in [-0.15, -0.1) is 0 Å². The Morgan fingerprint density at radius 1 is 0.292 bits per heavy atom. The van der Waals surface area contributed by atoms with Crippen LogP contribution in [0, 0.1) is 5.92 Å². The number of hydrogen-bond donors (Lipinski definition) is 0. The summed E-state index contributed by atoms with van der Waals surface area (Å²) < 4.78 is 16.9. The summed E-state index contributed by atoms with van der Waals surface area (Å²) in [7, 11) is 0. The van der Waals surface area contributed by atoms with Crippen molar-refractivity contribution in [1.29, 1.82) is 0 Å². The molecule has 0 bridgehead atoms. The van der Waals surface area contributed by atoms with Gasteiger partial charge < -0.3 is 14.2 Å². The highest BCUT2D eigenvalue weighted by molar-refractivity contribution is 5.71. The molecule has 0 N–H and O–H groups in total. The van der Waals surface area contributed by atoms with Gasteiger partial charge >= 0.3 is 17.9 Å². The minimum Gasteiger partial charge on any atom is -0.462 e. The van der Waals surface area contributed by atoms with Crippen LogP contribution in [-0.4, -0.2) is 37.2 Å². The number of carbonyl (C=O) groups is 3. The van der Waals surface area contributed by atoms with Crippen LogP contribution >= 0.6 is 0 Å². The molecule has 0 aromatic rings. The first kappa shape index (κ1) is 63.4. The highest BCUT2D eigenvalue weighted by Gasteiger charge is 2.19. The van der Waals surface area contributed by atoms with Crippen molar-refractivity contribution in [1.82, 2.24) is 0 Å². The summed E-state index contributed by atoms with van der Waals surface area (Å²) in [5.74, 6) is 0.0101. The lowest BCUT2D eigenvalue weighted by Gasteiger charge is -2.18. The Morgan fingerprint density at radius 2 is 0.508 bits per heavy atom. The van der Waals surface area contributed by atoms with E-state index in [1.165, 1.54) is 231 Å².